The van der Waals surface area contributed by atoms with Crippen LogP contribution in [0.3, 0.4) is 0 Å². The minimum absolute atomic E-state index is 0.111. The lowest BCUT2D eigenvalue weighted by atomic mass is 10.1. The van der Waals surface area contributed by atoms with Gasteiger partial charge in [-0.05, 0) is 65.0 Å². The lowest BCUT2D eigenvalue weighted by molar-refractivity contribution is 0.102. The molecule has 0 aliphatic carbocycles. The Morgan fingerprint density at radius 1 is 1.24 bits per heavy atom. The highest BCUT2D eigenvalue weighted by Crippen LogP contribution is 2.22. The number of carbonyl (C=O) groups is 1. The molecule has 0 fully saturated rings. The van der Waals surface area contributed by atoms with Crippen molar-refractivity contribution in [3.63, 3.8) is 0 Å². The smallest absolute Gasteiger partial charge is 0.256 e. The van der Waals surface area contributed by atoms with E-state index in [1.54, 1.807) is 0 Å². The van der Waals surface area contributed by atoms with Crippen LogP contribution in [0.5, 0.6) is 0 Å². The molecule has 0 spiro atoms. The summed E-state index contributed by atoms with van der Waals surface area (Å²) in [5.74, 6) is 0.535. The van der Waals surface area contributed by atoms with Gasteiger partial charge in [-0.2, -0.15) is 0 Å². The van der Waals surface area contributed by atoms with Gasteiger partial charge in [-0.3, -0.25) is 4.79 Å². The molecule has 0 saturated carbocycles. The number of amides is 1. The highest BCUT2D eigenvalue weighted by atomic mass is 79.9. The van der Waals surface area contributed by atoms with Crippen LogP contribution in [0.2, 0.25) is 0 Å². The van der Waals surface area contributed by atoms with E-state index in [9.17, 15) is 4.79 Å². The monoisotopic (exact) mass is 365 g/mol. The summed E-state index contributed by atoms with van der Waals surface area (Å²) in [7, 11) is 0. The van der Waals surface area contributed by atoms with Crippen molar-refractivity contribution in [3.05, 3.63) is 63.6 Å². The van der Waals surface area contributed by atoms with E-state index >= 15 is 0 Å². The molecule has 0 atom stereocenters. The molecule has 110 valence electrons. The predicted molar refractivity (Wildman–Crippen MR) is 92.3 cm³/mol. The molecule has 0 saturated heterocycles. The first-order chi connectivity index (χ1) is 10.1. The summed E-state index contributed by atoms with van der Waals surface area (Å²) in [6, 6.07) is 13.5. The summed E-state index contributed by atoms with van der Waals surface area (Å²) in [5.41, 5.74) is 3.66. The van der Waals surface area contributed by atoms with Crippen LogP contribution in [0.15, 0.2) is 46.9 Å². The Hall–Kier alpha value is -1.32. The molecule has 4 heteroatoms. The number of halogens is 2. The van der Waals surface area contributed by atoms with Crippen LogP contribution in [0.1, 0.15) is 27.9 Å². The van der Waals surface area contributed by atoms with Gasteiger partial charge >= 0.3 is 0 Å². The minimum Gasteiger partial charge on any atom is -0.322 e. The zero-order chi connectivity index (χ0) is 15.2. The summed E-state index contributed by atoms with van der Waals surface area (Å²) >= 11 is 9.18. The Kier molecular flexibility index (Phi) is 5.83. The SMILES string of the molecule is Cc1cccc(C(=O)Nc2cccc(CCCCl)c2)c1Br. The average molecular weight is 367 g/mol. The molecule has 21 heavy (non-hydrogen) atoms. The van der Waals surface area contributed by atoms with Crippen LogP contribution in [0, 0.1) is 6.92 Å². The van der Waals surface area contributed by atoms with Crippen LogP contribution in [-0.2, 0) is 6.42 Å². The molecule has 1 amide bonds. The maximum atomic E-state index is 12.4. The summed E-state index contributed by atoms with van der Waals surface area (Å²) < 4.78 is 0.834. The molecule has 2 rings (SSSR count). The fourth-order valence-corrected chi connectivity index (χ4v) is 2.67. The van der Waals surface area contributed by atoms with Crippen LogP contribution in [0.25, 0.3) is 0 Å². The largest absolute Gasteiger partial charge is 0.322 e. The van der Waals surface area contributed by atoms with Crippen molar-refractivity contribution >= 4 is 39.1 Å². The first-order valence-corrected chi connectivity index (χ1v) is 8.16. The number of carbonyl (C=O) groups excluding carboxylic acids is 1. The Morgan fingerprint density at radius 2 is 2.00 bits per heavy atom. The maximum Gasteiger partial charge on any atom is 0.256 e. The summed E-state index contributed by atoms with van der Waals surface area (Å²) in [6.07, 6.45) is 1.85. The highest BCUT2D eigenvalue weighted by molar-refractivity contribution is 9.10. The van der Waals surface area contributed by atoms with E-state index in [1.165, 1.54) is 5.56 Å². The first-order valence-electron chi connectivity index (χ1n) is 6.83. The van der Waals surface area contributed by atoms with E-state index < -0.39 is 0 Å². The van der Waals surface area contributed by atoms with Gasteiger partial charge < -0.3 is 5.32 Å². The van der Waals surface area contributed by atoms with Crippen molar-refractivity contribution in [1.82, 2.24) is 0 Å². The van der Waals surface area contributed by atoms with E-state index in [0.717, 1.165) is 28.6 Å². The van der Waals surface area contributed by atoms with Gasteiger partial charge in [0.15, 0.2) is 0 Å². The molecule has 2 aromatic carbocycles. The third kappa shape index (κ3) is 4.32. The Labute approximate surface area is 138 Å². The second kappa shape index (κ2) is 7.62. The van der Waals surface area contributed by atoms with Gasteiger partial charge in [-0.1, -0.05) is 24.3 Å². The van der Waals surface area contributed by atoms with E-state index in [4.69, 9.17) is 11.6 Å². The average Bonchev–Trinajstić information content (AvgIpc) is 2.48. The fourth-order valence-electron chi connectivity index (χ4n) is 2.10. The Balaban J connectivity index is 2.14. The van der Waals surface area contributed by atoms with E-state index in [-0.39, 0.29) is 5.91 Å². The van der Waals surface area contributed by atoms with Crippen LogP contribution in [-0.4, -0.2) is 11.8 Å². The van der Waals surface area contributed by atoms with Crippen molar-refractivity contribution in [2.45, 2.75) is 19.8 Å². The van der Waals surface area contributed by atoms with Crippen molar-refractivity contribution in [3.8, 4) is 0 Å². The zero-order valence-corrected chi connectivity index (χ0v) is 14.2. The topological polar surface area (TPSA) is 29.1 Å². The van der Waals surface area contributed by atoms with Gasteiger partial charge in [0.05, 0.1) is 5.56 Å². The molecular formula is C17H17BrClNO. The van der Waals surface area contributed by atoms with Gasteiger partial charge in [0.25, 0.3) is 5.91 Å². The number of aryl methyl sites for hydroxylation is 2. The lowest BCUT2D eigenvalue weighted by Crippen LogP contribution is -2.13. The van der Waals surface area contributed by atoms with Crippen molar-refractivity contribution in [2.75, 3.05) is 11.2 Å². The first kappa shape index (κ1) is 16.1. The van der Waals surface area contributed by atoms with Crippen LogP contribution >= 0.6 is 27.5 Å². The van der Waals surface area contributed by atoms with Crippen molar-refractivity contribution in [1.29, 1.82) is 0 Å². The molecule has 0 aliphatic rings. The van der Waals surface area contributed by atoms with Crippen molar-refractivity contribution in [2.24, 2.45) is 0 Å². The maximum absolute atomic E-state index is 12.4. The summed E-state index contributed by atoms with van der Waals surface area (Å²) in [5, 5.41) is 2.94. The van der Waals surface area contributed by atoms with Crippen LogP contribution in [0.4, 0.5) is 5.69 Å². The normalized spacial score (nSPS) is 10.4. The summed E-state index contributed by atoms with van der Waals surface area (Å²) in [4.78, 5) is 12.4. The van der Waals surface area contributed by atoms with E-state index in [1.807, 2.05) is 49.4 Å². The number of anilines is 1. The number of nitrogens with one attached hydrogen (secondary N) is 1. The molecule has 0 aromatic heterocycles. The number of hydrogen-bond donors (Lipinski definition) is 1. The predicted octanol–water partition coefficient (Wildman–Crippen LogP) is 5.18. The van der Waals surface area contributed by atoms with Gasteiger partial charge in [-0.15, -0.1) is 11.6 Å². The molecule has 0 unspecified atom stereocenters. The fraction of sp³-hybridized carbons (Fsp3) is 0.235. The quantitative estimate of drug-likeness (QED) is 0.726. The Bertz CT molecular complexity index is 642. The van der Waals surface area contributed by atoms with E-state index in [2.05, 4.69) is 21.2 Å². The second-order valence-electron chi connectivity index (χ2n) is 4.88. The lowest BCUT2D eigenvalue weighted by Gasteiger charge is -2.09. The standard InChI is InChI=1S/C17H17BrClNO/c1-12-5-2-9-15(16(12)18)17(21)20-14-8-3-6-13(11-14)7-4-10-19/h2-3,5-6,8-9,11H,4,7,10H2,1H3,(H,20,21). The molecular weight excluding hydrogens is 350 g/mol. The molecule has 0 aliphatic heterocycles. The number of benzene rings is 2. The zero-order valence-electron chi connectivity index (χ0n) is 11.8. The van der Waals surface area contributed by atoms with Gasteiger partial charge in [-0.25, -0.2) is 0 Å². The molecule has 2 nitrogen and oxygen atoms in total. The molecule has 0 heterocycles. The van der Waals surface area contributed by atoms with Crippen LogP contribution < -0.4 is 5.32 Å². The second-order valence-corrected chi connectivity index (χ2v) is 6.05. The molecule has 0 radical (unpaired) electrons. The Morgan fingerprint density at radius 3 is 2.76 bits per heavy atom. The minimum atomic E-state index is -0.111. The third-order valence-corrected chi connectivity index (χ3v) is 4.54. The number of alkyl halides is 1. The van der Waals surface area contributed by atoms with Gasteiger partial charge in [0.1, 0.15) is 0 Å². The highest BCUT2D eigenvalue weighted by Gasteiger charge is 2.11. The molecule has 2 aromatic rings. The van der Waals surface area contributed by atoms with E-state index in [0.29, 0.717) is 11.4 Å². The van der Waals surface area contributed by atoms with Gasteiger partial charge in [0, 0.05) is 16.0 Å². The van der Waals surface area contributed by atoms with Crippen molar-refractivity contribution < 1.29 is 4.79 Å². The van der Waals surface area contributed by atoms with Gasteiger partial charge in [0.2, 0.25) is 0 Å². The third-order valence-electron chi connectivity index (χ3n) is 3.22. The number of rotatable bonds is 5. The summed E-state index contributed by atoms with van der Waals surface area (Å²) in [6.45, 7) is 1.97. The molecule has 1 N–H and O–H groups in total. The molecule has 0 bridgehead atoms. The number of hydrogen-bond acceptors (Lipinski definition) is 1.